The standard InChI is InChI=1S/C13H21N5O/c1-2-9-12(17-14)15-8-16-13(9)18-6-7-19-11-5-3-4-10(11)18/h8,10-11H,2-7,14H2,1H3,(H,15,16,17). The fourth-order valence-electron chi connectivity index (χ4n) is 3.29. The topological polar surface area (TPSA) is 76.3 Å². The summed E-state index contributed by atoms with van der Waals surface area (Å²) in [5.74, 6) is 7.30. The molecule has 1 aliphatic carbocycles. The number of hydrogen-bond acceptors (Lipinski definition) is 6. The molecule has 0 aromatic carbocycles. The molecule has 1 aromatic rings. The smallest absolute Gasteiger partial charge is 0.148 e. The number of hydrogen-bond donors (Lipinski definition) is 2. The molecule has 0 amide bonds. The lowest BCUT2D eigenvalue weighted by Crippen LogP contribution is -2.49. The Bertz CT molecular complexity index is 453. The molecule has 0 spiro atoms. The van der Waals surface area contributed by atoms with Crippen molar-refractivity contribution in [1.29, 1.82) is 0 Å². The maximum absolute atomic E-state index is 5.86. The van der Waals surface area contributed by atoms with Crippen LogP contribution >= 0.6 is 0 Å². The second kappa shape index (κ2) is 5.30. The van der Waals surface area contributed by atoms with Gasteiger partial charge in [-0.15, -0.1) is 0 Å². The molecule has 1 saturated heterocycles. The lowest BCUT2D eigenvalue weighted by molar-refractivity contribution is 0.0252. The molecule has 0 radical (unpaired) electrons. The predicted octanol–water partition coefficient (Wildman–Crippen LogP) is 1.08. The van der Waals surface area contributed by atoms with E-state index in [0.29, 0.717) is 12.1 Å². The number of nitrogens with one attached hydrogen (secondary N) is 1. The summed E-state index contributed by atoms with van der Waals surface area (Å²) < 4.78 is 5.86. The summed E-state index contributed by atoms with van der Waals surface area (Å²) in [5.41, 5.74) is 3.77. The summed E-state index contributed by atoms with van der Waals surface area (Å²) in [4.78, 5) is 11.1. The summed E-state index contributed by atoms with van der Waals surface area (Å²) in [5, 5.41) is 0. The molecule has 2 aliphatic rings. The number of fused-ring (bicyclic) bond motifs is 1. The van der Waals surface area contributed by atoms with Gasteiger partial charge in [0.05, 0.1) is 18.8 Å². The van der Waals surface area contributed by atoms with Crippen LogP contribution in [0.2, 0.25) is 0 Å². The Hall–Kier alpha value is -1.40. The first-order chi connectivity index (χ1) is 9.35. The number of anilines is 2. The molecule has 104 valence electrons. The molecule has 1 saturated carbocycles. The molecular formula is C13H21N5O. The maximum atomic E-state index is 5.86. The van der Waals surface area contributed by atoms with Gasteiger partial charge >= 0.3 is 0 Å². The largest absolute Gasteiger partial charge is 0.374 e. The molecular weight excluding hydrogens is 242 g/mol. The van der Waals surface area contributed by atoms with Gasteiger partial charge in [0.2, 0.25) is 0 Å². The first-order valence-electron chi connectivity index (χ1n) is 7.04. The van der Waals surface area contributed by atoms with E-state index >= 15 is 0 Å². The van der Waals surface area contributed by atoms with Crippen LogP contribution in [0.25, 0.3) is 0 Å². The van der Waals surface area contributed by atoms with Crippen molar-refractivity contribution in [3.05, 3.63) is 11.9 Å². The minimum atomic E-state index is 0.364. The molecule has 6 nitrogen and oxygen atoms in total. The third-order valence-electron chi connectivity index (χ3n) is 4.17. The van der Waals surface area contributed by atoms with Crippen molar-refractivity contribution < 1.29 is 4.74 Å². The van der Waals surface area contributed by atoms with Gasteiger partial charge in [-0.2, -0.15) is 0 Å². The van der Waals surface area contributed by atoms with E-state index in [2.05, 4.69) is 27.2 Å². The average Bonchev–Trinajstić information content (AvgIpc) is 2.94. The molecule has 1 aromatic heterocycles. The van der Waals surface area contributed by atoms with Crippen LogP contribution in [0.1, 0.15) is 31.7 Å². The number of aromatic nitrogens is 2. The van der Waals surface area contributed by atoms with Crippen LogP contribution in [0.15, 0.2) is 6.33 Å². The zero-order chi connectivity index (χ0) is 13.2. The molecule has 3 rings (SSSR count). The molecule has 2 atom stereocenters. The molecule has 3 N–H and O–H groups in total. The van der Waals surface area contributed by atoms with Gasteiger partial charge < -0.3 is 15.1 Å². The second-order valence-corrected chi connectivity index (χ2v) is 5.12. The first-order valence-corrected chi connectivity index (χ1v) is 7.04. The van der Waals surface area contributed by atoms with Gasteiger partial charge in [0, 0.05) is 12.1 Å². The third kappa shape index (κ3) is 2.15. The lowest BCUT2D eigenvalue weighted by atomic mass is 10.1. The van der Waals surface area contributed by atoms with Gasteiger partial charge in [0.15, 0.2) is 0 Å². The Morgan fingerprint density at radius 1 is 1.47 bits per heavy atom. The molecule has 2 unspecified atom stereocenters. The van der Waals surface area contributed by atoms with Gasteiger partial charge in [-0.25, -0.2) is 15.8 Å². The van der Waals surface area contributed by atoms with E-state index in [4.69, 9.17) is 10.6 Å². The number of nitrogens with zero attached hydrogens (tertiary/aromatic N) is 3. The van der Waals surface area contributed by atoms with Gasteiger partial charge in [-0.3, -0.25) is 0 Å². The van der Waals surface area contributed by atoms with Crippen molar-refractivity contribution in [2.45, 2.75) is 44.8 Å². The minimum Gasteiger partial charge on any atom is -0.374 e. The average molecular weight is 263 g/mol. The summed E-state index contributed by atoms with van der Waals surface area (Å²) in [7, 11) is 0. The fourth-order valence-corrected chi connectivity index (χ4v) is 3.29. The Balaban J connectivity index is 1.96. The Labute approximate surface area is 113 Å². The highest BCUT2D eigenvalue weighted by molar-refractivity contribution is 5.59. The van der Waals surface area contributed by atoms with Crippen LogP contribution in [0.3, 0.4) is 0 Å². The number of hydrazine groups is 1. The highest BCUT2D eigenvalue weighted by atomic mass is 16.5. The first kappa shape index (κ1) is 12.6. The summed E-state index contributed by atoms with van der Waals surface area (Å²) in [6.07, 6.45) is 6.40. The van der Waals surface area contributed by atoms with E-state index in [0.717, 1.165) is 43.2 Å². The van der Waals surface area contributed by atoms with Crippen molar-refractivity contribution in [2.75, 3.05) is 23.5 Å². The van der Waals surface area contributed by atoms with Crippen LogP contribution in [0, 0.1) is 0 Å². The van der Waals surface area contributed by atoms with Crippen LogP contribution in [0.5, 0.6) is 0 Å². The summed E-state index contributed by atoms with van der Waals surface area (Å²) >= 11 is 0. The number of nitrogen functional groups attached to an aromatic ring is 1. The summed E-state index contributed by atoms with van der Waals surface area (Å²) in [6.45, 7) is 3.78. The van der Waals surface area contributed by atoms with Gasteiger partial charge in [0.25, 0.3) is 0 Å². The van der Waals surface area contributed by atoms with E-state index in [-0.39, 0.29) is 0 Å². The molecule has 2 fully saturated rings. The number of rotatable bonds is 3. The van der Waals surface area contributed by atoms with Crippen molar-refractivity contribution in [3.8, 4) is 0 Å². The number of nitrogens with two attached hydrogens (primary N) is 1. The Morgan fingerprint density at radius 2 is 2.37 bits per heavy atom. The predicted molar refractivity (Wildman–Crippen MR) is 73.9 cm³/mol. The van der Waals surface area contributed by atoms with E-state index in [9.17, 15) is 0 Å². The summed E-state index contributed by atoms with van der Waals surface area (Å²) in [6, 6.07) is 0.458. The van der Waals surface area contributed by atoms with E-state index in [1.165, 1.54) is 12.8 Å². The third-order valence-corrected chi connectivity index (χ3v) is 4.17. The van der Waals surface area contributed by atoms with Crippen LogP contribution in [0.4, 0.5) is 11.6 Å². The molecule has 19 heavy (non-hydrogen) atoms. The van der Waals surface area contributed by atoms with Crippen LogP contribution < -0.4 is 16.2 Å². The van der Waals surface area contributed by atoms with E-state index < -0.39 is 0 Å². The van der Waals surface area contributed by atoms with E-state index in [1.54, 1.807) is 6.33 Å². The molecule has 6 heteroatoms. The minimum absolute atomic E-state index is 0.364. The van der Waals surface area contributed by atoms with Crippen molar-refractivity contribution in [2.24, 2.45) is 5.84 Å². The Kier molecular flexibility index (Phi) is 3.52. The van der Waals surface area contributed by atoms with Crippen molar-refractivity contribution in [3.63, 3.8) is 0 Å². The normalized spacial score (nSPS) is 26.3. The monoisotopic (exact) mass is 263 g/mol. The highest BCUT2D eigenvalue weighted by Gasteiger charge is 2.37. The van der Waals surface area contributed by atoms with Crippen molar-refractivity contribution in [1.82, 2.24) is 9.97 Å². The van der Waals surface area contributed by atoms with Crippen LogP contribution in [-0.4, -0.2) is 35.3 Å². The molecule has 0 bridgehead atoms. The Morgan fingerprint density at radius 3 is 3.16 bits per heavy atom. The fraction of sp³-hybridized carbons (Fsp3) is 0.692. The number of ether oxygens (including phenoxy) is 1. The quantitative estimate of drug-likeness (QED) is 0.628. The molecule has 1 aliphatic heterocycles. The zero-order valence-corrected chi connectivity index (χ0v) is 11.3. The SMILES string of the molecule is CCc1c(NN)ncnc1N1CCOC2CCCC21. The zero-order valence-electron chi connectivity index (χ0n) is 11.3. The second-order valence-electron chi connectivity index (χ2n) is 5.12. The van der Waals surface area contributed by atoms with E-state index in [1.807, 2.05) is 0 Å². The molecule has 2 heterocycles. The van der Waals surface area contributed by atoms with Gasteiger partial charge in [0.1, 0.15) is 18.0 Å². The lowest BCUT2D eigenvalue weighted by Gasteiger charge is -2.39. The highest BCUT2D eigenvalue weighted by Crippen LogP contribution is 2.34. The van der Waals surface area contributed by atoms with Crippen LogP contribution in [-0.2, 0) is 11.2 Å². The van der Waals surface area contributed by atoms with Gasteiger partial charge in [-0.1, -0.05) is 6.92 Å². The van der Waals surface area contributed by atoms with Gasteiger partial charge in [-0.05, 0) is 25.7 Å². The number of morpholine rings is 1. The maximum Gasteiger partial charge on any atom is 0.148 e. The van der Waals surface area contributed by atoms with Crippen molar-refractivity contribution >= 4 is 11.6 Å².